The number of carbonyl (C=O) groups excluding carboxylic acids is 2. The highest BCUT2D eigenvalue weighted by Crippen LogP contribution is 2.32. The average Bonchev–Trinajstić information content (AvgIpc) is 2.86. The molecule has 2 aliphatic rings. The highest BCUT2D eigenvalue weighted by atomic mass is 16.2. The second-order valence-electron chi connectivity index (χ2n) is 9.95. The van der Waals surface area contributed by atoms with Gasteiger partial charge in [-0.1, -0.05) is 74.5 Å². The first kappa shape index (κ1) is 24.3. The van der Waals surface area contributed by atoms with Gasteiger partial charge in [0.15, 0.2) is 0 Å². The van der Waals surface area contributed by atoms with E-state index in [1.807, 2.05) is 9.80 Å². The van der Waals surface area contributed by atoms with Crippen LogP contribution in [-0.2, 0) is 4.79 Å². The smallest absolute Gasteiger partial charge is 0.317 e. The van der Waals surface area contributed by atoms with Gasteiger partial charge in [-0.25, -0.2) is 4.79 Å². The van der Waals surface area contributed by atoms with Gasteiger partial charge in [-0.2, -0.15) is 0 Å². The third-order valence-corrected chi connectivity index (χ3v) is 7.34. The van der Waals surface area contributed by atoms with E-state index in [0.29, 0.717) is 12.5 Å². The van der Waals surface area contributed by atoms with Crippen molar-refractivity contribution in [2.45, 2.75) is 51.7 Å². The summed E-state index contributed by atoms with van der Waals surface area (Å²) < 4.78 is 0. The van der Waals surface area contributed by atoms with E-state index < -0.39 is 0 Å². The van der Waals surface area contributed by atoms with Crippen LogP contribution in [0.5, 0.6) is 0 Å². The predicted octanol–water partition coefficient (Wildman–Crippen LogP) is 4.14. The van der Waals surface area contributed by atoms with Crippen molar-refractivity contribution in [2.24, 2.45) is 5.92 Å². The molecular weight excluding hydrogens is 424 g/mol. The van der Waals surface area contributed by atoms with Gasteiger partial charge in [-0.3, -0.25) is 9.69 Å². The number of rotatable bonds is 5. The highest BCUT2D eigenvalue weighted by molar-refractivity contribution is 5.75. The van der Waals surface area contributed by atoms with Gasteiger partial charge in [-0.05, 0) is 29.9 Å². The molecule has 1 atom stereocenters. The summed E-state index contributed by atoms with van der Waals surface area (Å²) in [7, 11) is 0. The Kier molecular flexibility index (Phi) is 7.88. The molecule has 1 unspecified atom stereocenters. The summed E-state index contributed by atoms with van der Waals surface area (Å²) in [5, 5.41) is 3.27. The first-order valence-corrected chi connectivity index (χ1v) is 12.6. The van der Waals surface area contributed by atoms with Crippen molar-refractivity contribution in [3.05, 3.63) is 71.8 Å². The van der Waals surface area contributed by atoms with E-state index in [1.54, 1.807) is 6.92 Å². The van der Waals surface area contributed by atoms with E-state index in [2.05, 4.69) is 84.7 Å². The van der Waals surface area contributed by atoms with Crippen LogP contribution >= 0.6 is 0 Å². The molecule has 0 saturated carbocycles. The van der Waals surface area contributed by atoms with Crippen LogP contribution in [0.2, 0.25) is 0 Å². The molecule has 182 valence electrons. The number of urea groups is 1. The lowest BCUT2D eigenvalue weighted by Gasteiger charge is -2.46. The van der Waals surface area contributed by atoms with Crippen molar-refractivity contribution in [1.82, 2.24) is 20.0 Å². The monoisotopic (exact) mass is 462 g/mol. The summed E-state index contributed by atoms with van der Waals surface area (Å²) in [6.45, 7) is 9.84. The fourth-order valence-corrected chi connectivity index (χ4v) is 5.37. The zero-order valence-corrected chi connectivity index (χ0v) is 20.7. The number of piperazine rings is 1. The normalized spacial score (nSPS) is 20.1. The first-order valence-electron chi connectivity index (χ1n) is 12.6. The lowest BCUT2D eigenvalue weighted by molar-refractivity contribution is -0.129. The Labute approximate surface area is 203 Å². The summed E-state index contributed by atoms with van der Waals surface area (Å²) >= 11 is 0. The van der Waals surface area contributed by atoms with Gasteiger partial charge >= 0.3 is 6.03 Å². The van der Waals surface area contributed by atoms with E-state index in [9.17, 15) is 9.59 Å². The Bertz CT molecular complexity index is 902. The lowest BCUT2D eigenvalue weighted by atomic mass is 9.93. The van der Waals surface area contributed by atoms with Crippen molar-refractivity contribution in [3.8, 4) is 0 Å². The van der Waals surface area contributed by atoms with Crippen LogP contribution in [0.1, 0.15) is 50.8 Å². The van der Waals surface area contributed by atoms with E-state index in [-0.39, 0.29) is 30.1 Å². The van der Waals surface area contributed by atoms with Crippen molar-refractivity contribution in [2.75, 3.05) is 32.7 Å². The quantitative estimate of drug-likeness (QED) is 0.727. The van der Waals surface area contributed by atoms with E-state index in [0.717, 1.165) is 39.0 Å². The predicted molar refractivity (Wildman–Crippen MR) is 135 cm³/mol. The molecule has 2 heterocycles. The maximum atomic E-state index is 13.3. The number of piperidine rings is 1. The molecule has 2 aliphatic heterocycles. The second kappa shape index (κ2) is 11.0. The van der Waals surface area contributed by atoms with Gasteiger partial charge in [0.2, 0.25) is 5.91 Å². The number of benzene rings is 2. The van der Waals surface area contributed by atoms with Crippen LogP contribution < -0.4 is 5.32 Å². The zero-order chi connectivity index (χ0) is 24.1. The van der Waals surface area contributed by atoms with Gasteiger partial charge in [0.05, 0.1) is 6.04 Å². The van der Waals surface area contributed by atoms with E-state index >= 15 is 0 Å². The molecule has 3 amide bonds. The number of hydrogen-bond acceptors (Lipinski definition) is 3. The van der Waals surface area contributed by atoms with Crippen LogP contribution in [0.3, 0.4) is 0 Å². The summed E-state index contributed by atoms with van der Waals surface area (Å²) in [6.07, 6.45) is 1.64. The van der Waals surface area contributed by atoms with Crippen LogP contribution in [0.25, 0.3) is 0 Å². The molecule has 2 aromatic carbocycles. The van der Waals surface area contributed by atoms with Crippen LogP contribution in [0, 0.1) is 5.92 Å². The highest BCUT2D eigenvalue weighted by Gasteiger charge is 2.36. The minimum absolute atomic E-state index is 0.0376. The molecule has 0 aromatic heterocycles. The Morgan fingerprint density at radius 3 is 1.91 bits per heavy atom. The average molecular weight is 463 g/mol. The molecule has 2 fully saturated rings. The Balaban J connectivity index is 1.47. The topological polar surface area (TPSA) is 55.9 Å². The fraction of sp³-hybridized carbons (Fsp3) is 0.500. The molecule has 34 heavy (non-hydrogen) atoms. The van der Waals surface area contributed by atoms with Gasteiger partial charge in [0, 0.05) is 51.7 Å². The Morgan fingerprint density at radius 2 is 1.41 bits per heavy atom. The fourth-order valence-electron chi connectivity index (χ4n) is 5.37. The van der Waals surface area contributed by atoms with Crippen molar-refractivity contribution in [1.29, 1.82) is 0 Å². The van der Waals surface area contributed by atoms with E-state index in [1.165, 1.54) is 11.1 Å². The van der Waals surface area contributed by atoms with Crippen molar-refractivity contribution < 1.29 is 9.59 Å². The van der Waals surface area contributed by atoms with Gasteiger partial charge < -0.3 is 15.1 Å². The number of amides is 3. The minimum atomic E-state index is 0.0376. The largest absolute Gasteiger partial charge is 0.343 e. The van der Waals surface area contributed by atoms with Crippen LogP contribution in [0.4, 0.5) is 4.79 Å². The van der Waals surface area contributed by atoms with Crippen LogP contribution in [0.15, 0.2) is 60.7 Å². The third-order valence-electron chi connectivity index (χ3n) is 7.34. The van der Waals surface area contributed by atoms with Crippen LogP contribution in [-0.4, -0.2) is 71.4 Å². The molecule has 0 aliphatic carbocycles. The number of nitrogens with one attached hydrogen (secondary N) is 1. The Morgan fingerprint density at radius 1 is 0.853 bits per heavy atom. The minimum Gasteiger partial charge on any atom is -0.343 e. The van der Waals surface area contributed by atoms with Crippen molar-refractivity contribution >= 4 is 11.9 Å². The van der Waals surface area contributed by atoms with Gasteiger partial charge in [0.1, 0.15) is 0 Å². The molecule has 6 nitrogen and oxygen atoms in total. The van der Waals surface area contributed by atoms with Gasteiger partial charge in [-0.15, -0.1) is 0 Å². The summed E-state index contributed by atoms with van der Waals surface area (Å²) in [4.78, 5) is 31.4. The molecule has 0 spiro atoms. The first-order chi connectivity index (χ1) is 16.4. The third kappa shape index (κ3) is 5.61. The maximum Gasteiger partial charge on any atom is 0.317 e. The number of hydrogen-bond donors (Lipinski definition) is 1. The number of carbonyl (C=O) groups is 2. The standard InChI is InChI=1S/C28H38N4O2/c1-21(2)26-20-31(27(23-10-6-4-7-11-23)24-12-8-5-9-13-24)18-19-32(26)28(34)29-25-14-16-30(17-15-25)22(3)33/h4-13,21,25-27H,14-20H2,1-3H3,(H,29,34). The lowest BCUT2D eigenvalue weighted by Crippen LogP contribution is -2.61. The summed E-state index contributed by atoms with van der Waals surface area (Å²) in [5.74, 6) is 0.465. The molecule has 0 bridgehead atoms. The molecular formula is C28H38N4O2. The molecule has 1 N–H and O–H groups in total. The summed E-state index contributed by atoms with van der Waals surface area (Å²) in [6, 6.07) is 21.8. The number of likely N-dealkylation sites (tertiary alicyclic amines) is 1. The number of nitrogens with zero attached hydrogens (tertiary/aromatic N) is 3. The molecule has 0 radical (unpaired) electrons. The van der Waals surface area contributed by atoms with E-state index in [4.69, 9.17) is 0 Å². The maximum absolute atomic E-state index is 13.3. The van der Waals surface area contributed by atoms with Crippen molar-refractivity contribution in [3.63, 3.8) is 0 Å². The molecule has 4 rings (SSSR count). The summed E-state index contributed by atoms with van der Waals surface area (Å²) in [5.41, 5.74) is 2.57. The Hall–Kier alpha value is -2.86. The molecule has 2 saturated heterocycles. The zero-order valence-electron chi connectivity index (χ0n) is 20.7. The second-order valence-corrected chi connectivity index (χ2v) is 9.95. The molecule has 2 aromatic rings. The SMILES string of the molecule is CC(=O)N1CCC(NC(=O)N2CCN(C(c3ccccc3)c3ccccc3)CC2C(C)C)CC1. The molecule has 6 heteroatoms. The van der Waals surface area contributed by atoms with Gasteiger partial charge in [0.25, 0.3) is 0 Å².